The zero-order valence-corrected chi connectivity index (χ0v) is 12.5. The molecule has 4 heteroatoms. The Balaban J connectivity index is 1.94. The number of carbonyl (C=O) groups excluding carboxylic acids is 1. The van der Waals surface area contributed by atoms with Crippen LogP contribution in [0.3, 0.4) is 0 Å². The van der Waals surface area contributed by atoms with Crippen molar-refractivity contribution >= 4 is 17.6 Å². The van der Waals surface area contributed by atoms with Crippen LogP contribution in [0.15, 0.2) is 54.6 Å². The van der Waals surface area contributed by atoms with Gasteiger partial charge in [0.1, 0.15) is 12.4 Å². The van der Waals surface area contributed by atoms with Gasteiger partial charge in [0.05, 0.1) is 6.61 Å². The minimum Gasteiger partial charge on any atom is -0.489 e. The fraction of sp³-hybridized carbons (Fsp3) is 0.235. The molecular formula is C17H17ClO3. The van der Waals surface area contributed by atoms with Gasteiger partial charge < -0.3 is 9.47 Å². The van der Waals surface area contributed by atoms with E-state index in [1.54, 1.807) is 31.2 Å². The molecular weight excluding hydrogens is 288 g/mol. The van der Waals surface area contributed by atoms with Gasteiger partial charge >= 0.3 is 5.97 Å². The summed E-state index contributed by atoms with van der Waals surface area (Å²) in [6.45, 7) is 2.57. The SMILES string of the molecule is CCOC(=O)[C@@H](Cl)c1ccc(OCc2ccccc2)cc1. The van der Waals surface area contributed by atoms with Crippen molar-refractivity contribution in [3.63, 3.8) is 0 Å². The molecule has 0 N–H and O–H groups in total. The summed E-state index contributed by atoms with van der Waals surface area (Å²) in [7, 11) is 0. The Bertz CT molecular complexity index is 566. The largest absolute Gasteiger partial charge is 0.489 e. The van der Waals surface area contributed by atoms with Gasteiger partial charge in [-0.3, -0.25) is 4.79 Å². The second-order valence-corrected chi connectivity index (χ2v) is 4.89. The molecule has 0 aliphatic rings. The van der Waals surface area contributed by atoms with Gasteiger partial charge in [-0.05, 0) is 30.2 Å². The lowest BCUT2D eigenvalue weighted by Crippen LogP contribution is -2.10. The molecule has 0 spiro atoms. The Hall–Kier alpha value is -2.00. The molecule has 2 rings (SSSR count). The first-order valence-corrected chi connectivity index (χ1v) is 7.21. The van der Waals surface area contributed by atoms with Crippen molar-refractivity contribution in [3.05, 3.63) is 65.7 Å². The van der Waals surface area contributed by atoms with E-state index in [-0.39, 0.29) is 0 Å². The number of halogens is 1. The summed E-state index contributed by atoms with van der Waals surface area (Å²) in [5.74, 6) is 0.299. The molecule has 0 amide bonds. The molecule has 0 aromatic heterocycles. The van der Waals surface area contributed by atoms with Crippen LogP contribution in [-0.4, -0.2) is 12.6 Å². The van der Waals surface area contributed by atoms with Gasteiger partial charge in [-0.1, -0.05) is 42.5 Å². The molecule has 0 radical (unpaired) electrons. The second kappa shape index (κ2) is 7.70. The van der Waals surface area contributed by atoms with Crippen LogP contribution in [0.2, 0.25) is 0 Å². The molecule has 0 bridgehead atoms. The maximum atomic E-state index is 11.6. The third kappa shape index (κ3) is 4.50. The number of hydrogen-bond donors (Lipinski definition) is 0. The second-order valence-electron chi connectivity index (χ2n) is 4.46. The zero-order valence-electron chi connectivity index (χ0n) is 11.8. The van der Waals surface area contributed by atoms with Crippen LogP contribution in [0.5, 0.6) is 5.75 Å². The van der Waals surface area contributed by atoms with E-state index >= 15 is 0 Å². The van der Waals surface area contributed by atoms with Crippen molar-refractivity contribution in [2.24, 2.45) is 0 Å². The van der Waals surface area contributed by atoms with E-state index in [4.69, 9.17) is 21.1 Å². The third-order valence-electron chi connectivity index (χ3n) is 2.91. The minimum atomic E-state index is -0.784. The Morgan fingerprint density at radius 1 is 1.10 bits per heavy atom. The Kier molecular flexibility index (Phi) is 5.64. The predicted molar refractivity (Wildman–Crippen MR) is 82.4 cm³/mol. The summed E-state index contributed by atoms with van der Waals surface area (Å²) in [4.78, 5) is 11.6. The maximum Gasteiger partial charge on any atom is 0.328 e. The van der Waals surface area contributed by atoms with Crippen LogP contribution in [0, 0.1) is 0 Å². The van der Waals surface area contributed by atoms with Crippen molar-refractivity contribution in [3.8, 4) is 5.75 Å². The smallest absolute Gasteiger partial charge is 0.328 e. The molecule has 0 aliphatic carbocycles. The monoisotopic (exact) mass is 304 g/mol. The highest BCUT2D eigenvalue weighted by molar-refractivity contribution is 6.29. The van der Waals surface area contributed by atoms with Crippen LogP contribution in [0.4, 0.5) is 0 Å². The minimum absolute atomic E-state index is 0.320. The van der Waals surface area contributed by atoms with Crippen LogP contribution in [-0.2, 0) is 16.1 Å². The first-order chi connectivity index (χ1) is 10.2. The van der Waals surface area contributed by atoms with Gasteiger partial charge in [-0.25, -0.2) is 0 Å². The lowest BCUT2D eigenvalue weighted by molar-refractivity contribution is -0.142. The third-order valence-corrected chi connectivity index (χ3v) is 3.34. The van der Waals surface area contributed by atoms with Gasteiger partial charge in [0.25, 0.3) is 0 Å². The first kappa shape index (κ1) is 15.4. The topological polar surface area (TPSA) is 35.5 Å². The van der Waals surface area contributed by atoms with Crippen molar-refractivity contribution < 1.29 is 14.3 Å². The average Bonchev–Trinajstić information content (AvgIpc) is 2.54. The van der Waals surface area contributed by atoms with Gasteiger partial charge in [-0.2, -0.15) is 0 Å². The highest BCUT2D eigenvalue weighted by Gasteiger charge is 2.18. The maximum absolute atomic E-state index is 11.6. The number of alkyl halides is 1. The van der Waals surface area contributed by atoms with Crippen molar-refractivity contribution in [1.29, 1.82) is 0 Å². The molecule has 2 aromatic rings. The number of ether oxygens (including phenoxy) is 2. The molecule has 21 heavy (non-hydrogen) atoms. The Morgan fingerprint density at radius 2 is 1.76 bits per heavy atom. The molecule has 2 aromatic carbocycles. The van der Waals surface area contributed by atoms with Gasteiger partial charge in [0.2, 0.25) is 0 Å². The van der Waals surface area contributed by atoms with Gasteiger partial charge in [0, 0.05) is 0 Å². The van der Waals surface area contributed by atoms with E-state index in [2.05, 4.69) is 0 Å². The number of esters is 1. The number of benzene rings is 2. The van der Waals surface area contributed by atoms with Crippen molar-refractivity contribution in [2.45, 2.75) is 18.9 Å². The van der Waals surface area contributed by atoms with Crippen molar-refractivity contribution in [2.75, 3.05) is 6.61 Å². The molecule has 1 atom stereocenters. The van der Waals surface area contributed by atoms with Crippen molar-refractivity contribution in [1.82, 2.24) is 0 Å². The number of rotatable bonds is 6. The number of carbonyl (C=O) groups is 1. The van der Waals surface area contributed by atoms with E-state index in [9.17, 15) is 4.79 Å². The van der Waals surface area contributed by atoms with Gasteiger partial charge in [-0.15, -0.1) is 11.6 Å². The first-order valence-electron chi connectivity index (χ1n) is 6.78. The molecule has 0 aliphatic heterocycles. The predicted octanol–water partition coefficient (Wildman–Crippen LogP) is 4.11. The fourth-order valence-corrected chi connectivity index (χ4v) is 2.03. The summed E-state index contributed by atoms with van der Waals surface area (Å²) >= 11 is 6.05. The molecule has 0 heterocycles. The van der Waals surface area contributed by atoms with E-state index in [0.717, 1.165) is 11.3 Å². The summed E-state index contributed by atoms with van der Waals surface area (Å²) < 4.78 is 10.6. The molecule has 0 saturated carbocycles. The molecule has 0 unspecified atom stereocenters. The lowest BCUT2D eigenvalue weighted by Gasteiger charge is -2.10. The van der Waals surface area contributed by atoms with E-state index < -0.39 is 11.3 Å². The average molecular weight is 305 g/mol. The Labute approximate surface area is 129 Å². The van der Waals surface area contributed by atoms with Crippen LogP contribution < -0.4 is 4.74 Å². The quantitative estimate of drug-likeness (QED) is 0.595. The van der Waals surface area contributed by atoms with Crippen LogP contribution in [0.1, 0.15) is 23.4 Å². The summed E-state index contributed by atoms with van der Waals surface area (Å²) in [6.07, 6.45) is 0. The van der Waals surface area contributed by atoms with E-state index in [1.807, 2.05) is 30.3 Å². The normalized spacial score (nSPS) is 11.7. The standard InChI is InChI=1S/C17H17ClO3/c1-2-20-17(19)16(18)14-8-10-15(11-9-14)21-12-13-6-4-3-5-7-13/h3-11,16H,2,12H2,1H3/t16-/m0/s1. The van der Waals surface area contributed by atoms with E-state index in [1.165, 1.54) is 0 Å². The fourth-order valence-electron chi connectivity index (χ4n) is 1.83. The summed E-state index contributed by atoms with van der Waals surface area (Å²) in [5, 5.41) is -0.784. The molecule has 110 valence electrons. The highest BCUT2D eigenvalue weighted by atomic mass is 35.5. The summed E-state index contributed by atoms with van der Waals surface area (Å²) in [5.41, 5.74) is 1.80. The molecule has 0 saturated heterocycles. The Morgan fingerprint density at radius 3 is 2.38 bits per heavy atom. The summed E-state index contributed by atoms with van der Waals surface area (Å²) in [6, 6.07) is 17.1. The van der Waals surface area contributed by atoms with Gasteiger partial charge in [0.15, 0.2) is 5.38 Å². The van der Waals surface area contributed by atoms with Crippen LogP contribution >= 0.6 is 11.6 Å². The lowest BCUT2D eigenvalue weighted by atomic mass is 10.1. The van der Waals surface area contributed by atoms with E-state index in [0.29, 0.717) is 18.8 Å². The number of hydrogen-bond acceptors (Lipinski definition) is 3. The molecule has 0 fully saturated rings. The highest BCUT2D eigenvalue weighted by Crippen LogP contribution is 2.24. The zero-order chi connectivity index (χ0) is 15.1. The molecule has 3 nitrogen and oxygen atoms in total. The van der Waals surface area contributed by atoms with Crippen LogP contribution in [0.25, 0.3) is 0 Å².